The van der Waals surface area contributed by atoms with Crippen LogP contribution < -0.4 is 10.9 Å². The minimum Gasteiger partial charge on any atom is -0.267 e. The lowest BCUT2D eigenvalue weighted by Crippen LogP contribution is -2.33. The fraction of sp³-hybridized carbons (Fsp3) is 0.385. The van der Waals surface area contributed by atoms with Crippen molar-refractivity contribution in [2.45, 2.75) is 60.8 Å². The average Bonchev–Trinajstić information content (AvgIpc) is 2.69. The maximum atomic E-state index is 12.6. The molecule has 1 fully saturated rings. The van der Waals surface area contributed by atoms with Gasteiger partial charge in [-0.05, 0) is 69.2 Å². The lowest BCUT2D eigenvalue weighted by molar-refractivity contribution is 0.0946. The van der Waals surface area contributed by atoms with Gasteiger partial charge in [0.2, 0.25) is 0 Å². The summed E-state index contributed by atoms with van der Waals surface area (Å²) in [5, 5.41) is 8.80. The zero-order valence-electron chi connectivity index (χ0n) is 19.8. The van der Waals surface area contributed by atoms with Gasteiger partial charge in [-0.2, -0.15) is 10.2 Å². The molecule has 0 spiro atoms. The van der Waals surface area contributed by atoms with Crippen LogP contribution >= 0.6 is 0 Å². The molecule has 0 unspecified atom stereocenters. The molecule has 2 aromatic carbocycles. The van der Waals surface area contributed by atoms with Crippen LogP contribution in [0.15, 0.2) is 46.6 Å². The summed E-state index contributed by atoms with van der Waals surface area (Å²) >= 11 is 0. The van der Waals surface area contributed by atoms with E-state index >= 15 is 0 Å². The van der Waals surface area contributed by atoms with Crippen molar-refractivity contribution < 1.29 is 9.59 Å². The number of hydrazone groups is 2. The van der Waals surface area contributed by atoms with Crippen molar-refractivity contribution in [1.82, 2.24) is 10.9 Å². The summed E-state index contributed by atoms with van der Waals surface area (Å²) in [5.74, 6) is -0.444. The minimum absolute atomic E-state index is 0.0646. The van der Waals surface area contributed by atoms with Crippen LogP contribution in [0.4, 0.5) is 0 Å². The standard InChI is InChI=1S/C26H32N4O2/c1-16-7-9-22(18(3)11-16)24(31)29-27-20-13-21(15-26(5,6)14-20)28-30-25(32)23-10-8-17(2)12-19(23)4/h7-12H,13-15H2,1-6H3,(H,29,31)(H,30,32). The molecule has 2 aromatic rings. The molecule has 2 N–H and O–H groups in total. The summed E-state index contributed by atoms with van der Waals surface area (Å²) < 4.78 is 0. The molecule has 2 amide bonds. The summed E-state index contributed by atoms with van der Waals surface area (Å²) in [4.78, 5) is 25.2. The summed E-state index contributed by atoms with van der Waals surface area (Å²) in [5.41, 5.74) is 12.3. The monoisotopic (exact) mass is 432 g/mol. The van der Waals surface area contributed by atoms with Crippen LogP contribution in [0, 0.1) is 33.1 Å². The van der Waals surface area contributed by atoms with E-state index in [1.54, 1.807) is 0 Å². The van der Waals surface area contributed by atoms with Crippen molar-refractivity contribution in [1.29, 1.82) is 0 Å². The number of carbonyl (C=O) groups is 2. The maximum Gasteiger partial charge on any atom is 0.271 e. The highest BCUT2D eigenvalue weighted by molar-refractivity contribution is 6.08. The number of amides is 2. The van der Waals surface area contributed by atoms with E-state index in [1.807, 2.05) is 64.1 Å². The Bertz CT molecular complexity index is 1030. The smallest absolute Gasteiger partial charge is 0.267 e. The Morgan fingerprint density at radius 2 is 1.16 bits per heavy atom. The third-order valence-corrected chi connectivity index (χ3v) is 5.66. The molecule has 0 heterocycles. The first-order valence-electron chi connectivity index (χ1n) is 10.9. The first kappa shape index (κ1) is 23.4. The van der Waals surface area contributed by atoms with E-state index in [0.717, 1.165) is 46.5 Å². The van der Waals surface area contributed by atoms with E-state index < -0.39 is 0 Å². The number of nitrogens with zero attached hydrogens (tertiary/aromatic N) is 2. The molecule has 0 aromatic heterocycles. The van der Waals surface area contributed by atoms with Crippen molar-refractivity contribution in [2.75, 3.05) is 0 Å². The maximum absolute atomic E-state index is 12.6. The number of hydrogen-bond acceptors (Lipinski definition) is 4. The highest BCUT2D eigenvalue weighted by Gasteiger charge is 2.30. The zero-order chi connectivity index (χ0) is 23.5. The Labute approximate surface area is 190 Å². The van der Waals surface area contributed by atoms with Crippen molar-refractivity contribution in [2.24, 2.45) is 15.6 Å². The van der Waals surface area contributed by atoms with Gasteiger partial charge in [-0.3, -0.25) is 9.59 Å². The van der Waals surface area contributed by atoms with E-state index in [0.29, 0.717) is 17.5 Å². The van der Waals surface area contributed by atoms with Gasteiger partial charge in [-0.15, -0.1) is 0 Å². The Morgan fingerprint density at radius 3 is 1.53 bits per heavy atom. The molecule has 1 aliphatic carbocycles. The van der Waals surface area contributed by atoms with Crippen molar-refractivity contribution >= 4 is 23.2 Å². The molecule has 168 valence electrons. The third kappa shape index (κ3) is 5.90. The number of rotatable bonds is 4. The average molecular weight is 433 g/mol. The molecule has 32 heavy (non-hydrogen) atoms. The van der Waals surface area contributed by atoms with Gasteiger partial charge in [0.05, 0.1) is 0 Å². The molecule has 3 rings (SSSR count). The first-order valence-corrected chi connectivity index (χ1v) is 10.9. The number of aryl methyl sites for hydroxylation is 4. The second kappa shape index (κ2) is 9.47. The second-order valence-electron chi connectivity index (χ2n) is 9.57. The molecule has 6 heteroatoms. The molecule has 0 saturated heterocycles. The molecule has 6 nitrogen and oxygen atoms in total. The summed E-state index contributed by atoms with van der Waals surface area (Å²) in [6.07, 6.45) is 2.03. The van der Waals surface area contributed by atoms with E-state index in [1.165, 1.54) is 0 Å². The first-order chi connectivity index (χ1) is 15.0. The number of benzene rings is 2. The molecular formula is C26H32N4O2. The van der Waals surface area contributed by atoms with Gasteiger partial charge >= 0.3 is 0 Å². The molecule has 0 bridgehead atoms. The summed E-state index contributed by atoms with van der Waals surface area (Å²) in [7, 11) is 0. The van der Waals surface area contributed by atoms with Crippen LogP contribution in [0.25, 0.3) is 0 Å². The highest BCUT2D eigenvalue weighted by atomic mass is 16.2. The normalized spacial score (nSPS) is 17.9. The van der Waals surface area contributed by atoms with Crippen LogP contribution in [0.3, 0.4) is 0 Å². The fourth-order valence-electron chi connectivity index (χ4n) is 4.20. The number of carbonyl (C=O) groups excluding carboxylic acids is 2. The van der Waals surface area contributed by atoms with Crippen LogP contribution in [0.2, 0.25) is 0 Å². The van der Waals surface area contributed by atoms with E-state index in [2.05, 4.69) is 34.9 Å². The second-order valence-corrected chi connectivity index (χ2v) is 9.57. The zero-order valence-corrected chi connectivity index (χ0v) is 19.8. The molecule has 1 saturated carbocycles. The molecule has 1 aliphatic rings. The Kier molecular flexibility index (Phi) is 6.92. The number of nitrogens with one attached hydrogen (secondary N) is 2. The third-order valence-electron chi connectivity index (χ3n) is 5.66. The van der Waals surface area contributed by atoms with Crippen LogP contribution in [0.1, 0.15) is 76.1 Å². The van der Waals surface area contributed by atoms with Gasteiger partial charge in [-0.1, -0.05) is 49.2 Å². The van der Waals surface area contributed by atoms with Gasteiger partial charge in [0.15, 0.2) is 0 Å². The van der Waals surface area contributed by atoms with Gasteiger partial charge in [0.1, 0.15) is 0 Å². The van der Waals surface area contributed by atoms with E-state index in [4.69, 9.17) is 0 Å². The fourth-order valence-corrected chi connectivity index (χ4v) is 4.20. The van der Waals surface area contributed by atoms with Crippen LogP contribution in [-0.2, 0) is 0 Å². The topological polar surface area (TPSA) is 82.9 Å². The van der Waals surface area contributed by atoms with E-state index in [-0.39, 0.29) is 17.2 Å². The molecule has 0 radical (unpaired) electrons. The quantitative estimate of drug-likeness (QED) is 0.666. The Hall–Kier alpha value is -3.28. The SMILES string of the molecule is Cc1ccc(C(=O)NN=C2CC(=NNC(=O)c3ccc(C)cc3C)CC(C)(C)C2)c(C)c1. The Balaban J connectivity index is 1.71. The predicted molar refractivity (Wildman–Crippen MR) is 129 cm³/mol. The predicted octanol–water partition coefficient (Wildman–Crippen LogP) is 5.00. The van der Waals surface area contributed by atoms with Gasteiger partial charge in [0, 0.05) is 29.0 Å². The molecule has 0 atom stereocenters. The largest absolute Gasteiger partial charge is 0.271 e. The lowest BCUT2D eigenvalue weighted by Gasteiger charge is -2.31. The summed E-state index contributed by atoms with van der Waals surface area (Å²) in [6, 6.07) is 11.4. The number of hydrogen-bond donors (Lipinski definition) is 2. The van der Waals surface area contributed by atoms with Crippen LogP contribution in [-0.4, -0.2) is 23.2 Å². The van der Waals surface area contributed by atoms with Gasteiger partial charge < -0.3 is 0 Å². The van der Waals surface area contributed by atoms with Crippen molar-refractivity contribution in [3.63, 3.8) is 0 Å². The lowest BCUT2D eigenvalue weighted by atomic mass is 9.75. The van der Waals surface area contributed by atoms with E-state index in [9.17, 15) is 9.59 Å². The van der Waals surface area contributed by atoms with Gasteiger partial charge in [-0.25, -0.2) is 10.9 Å². The minimum atomic E-state index is -0.222. The van der Waals surface area contributed by atoms with Crippen molar-refractivity contribution in [3.05, 3.63) is 69.8 Å². The van der Waals surface area contributed by atoms with Gasteiger partial charge in [0.25, 0.3) is 11.8 Å². The van der Waals surface area contributed by atoms with Crippen LogP contribution in [0.5, 0.6) is 0 Å². The Morgan fingerprint density at radius 1 is 0.750 bits per heavy atom. The highest BCUT2D eigenvalue weighted by Crippen LogP contribution is 2.32. The molecule has 0 aliphatic heterocycles. The molecular weight excluding hydrogens is 400 g/mol. The summed E-state index contributed by atoms with van der Waals surface area (Å²) in [6.45, 7) is 12.1. The van der Waals surface area contributed by atoms with Crippen molar-refractivity contribution in [3.8, 4) is 0 Å².